The molecular weight excluding hydrogens is 220 g/mol. The zero-order chi connectivity index (χ0) is 12.5. The molecule has 96 valence electrons. The van der Waals surface area contributed by atoms with E-state index in [4.69, 9.17) is 4.74 Å². The van der Waals surface area contributed by atoms with Gasteiger partial charge in [-0.15, -0.1) is 0 Å². The summed E-state index contributed by atoms with van der Waals surface area (Å²) in [4.78, 5) is 15.7. The van der Waals surface area contributed by atoms with Gasteiger partial charge in [0.2, 0.25) is 5.91 Å². The fraction of sp³-hybridized carbons (Fsp3) is 0.636. The quantitative estimate of drug-likeness (QED) is 0.615. The lowest BCUT2D eigenvalue weighted by atomic mass is 10.4. The largest absolute Gasteiger partial charge is 0.383 e. The zero-order valence-electron chi connectivity index (χ0n) is 10.4. The number of carbonyl (C=O) groups is 1. The minimum atomic E-state index is -0.0329. The topological polar surface area (TPSA) is 68.2 Å². The second kappa shape index (κ2) is 7.81. The third-order valence-electron chi connectivity index (χ3n) is 2.20. The molecular formula is C11H20N4O2. The molecule has 0 aliphatic heterocycles. The van der Waals surface area contributed by atoms with Crippen molar-refractivity contribution in [3.63, 3.8) is 0 Å². The first-order valence-electron chi connectivity index (χ1n) is 5.73. The van der Waals surface area contributed by atoms with Crippen molar-refractivity contribution < 1.29 is 9.53 Å². The fourth-order valence-corrected chi connectivity index (χ4v) is 1.35. The molecule has 0 unspecified atom stereocenters. The molecule has 2 N–H and O–H groups in total. The number of methoxy groups -OCH3 is 1. The molecule has 17 heavy (non-hydrogen) atoms. The standard InChI is InChI=1S/C11H20N4O2/c1-3-12-6-10-7-15(9-14-10)8-11(16)13-4-5-17-2/h7,9,12H,3-6,8H2,1-2H3,(H,13,16). The van der Waals surface area contributed by atoms with Crippen LogP contribution in [0.4, 0.5) is 0 Å². The molecule has 0 spiro atoms. The van der Waals surface area contributed by atoms with E-state index in [9.17, 15) is 4.79 Å². The highest BCUT2D eigenvalue weighted by molar-refractivity contribution is 5.75. The first kappa shape index (κ1) is 13.7. The van der Waals surface area contributed by atoms with Gasteiger partial charge in [0.25, 0.3) is 0 Å². The smallest absolute Gasteiger partial charge is 0.240 e. The van der Waals surface area contributed by atoms with Crippen LogP contribution in [0.5, 0.6) is 0 Å². The van der Waals surface area contributed by atoms with Gasteiger partial charge >= 0.3 is 0 Å². The average molecular weight is 240 g/mol. The number of amides is 1. The molecule has 1 heterocycles. The van der Waals surface area contributed by atoms with Crippen molar-refractivity contribution in [3.8, 4) is 0 Å². The predicted molar refractivity (Wildman–Crippen MR) is 64.5 cm³/mol. The van der Waals surface area contributed by atoms with Crippen LogP contribution in [-0.4, -0.2) is 42.3 Å². The van der Waals surface area contributed by atoms with Crippen LogP contribution in [0.15, 0.2) is 12.5 Å². The molecule has 0 atom stereocenters. The number of nitrogens with one attached hydrogen (secondary N) is 2. The van der Waals surface area contributed by atoms with Crippen LogP contribution in [0.1, 0.15) is 12.6 Å². The molecule has 1 amide bonds. The highest BCUT2D eigenvalue weighted by Gasteiger charge is 2.03. The average Bonchev–Trinajstić information content (AvgIpc) is 2.74. The summed E-state index contributed by atoms with van der Waals surface area (Å²) in [6.45, 7) is 5.04. The van der Waals surface area contributed by atoms with E-state index >= 15 is 0 Å². The molecule has 1 aromatic rings. The van der Waals surface area contributed by atoms with E-state index in [-0.39, 0.29) is 5.91 Å². The zero-order valence-corrected chi connectivity index (χ0v) is 10.4. The van der Waals surface area contributed by atoms with Gasteiger partial charge in [-0.05, 0) is 6.54 Å². The Balaban J connectivity index is 2.30. The number of hydrogen-bond donors (Lipinski definition) is 2. The Morgan fingerprint density at radius 1 is 1.59 bits per heavy atom. The summed E-state index contributed by atoms with van der Waals surface area (Å²) in [6, 6.07) is 0. The summed E-state index contributed by atoms with van der Waals surface area (Å²) < 4.78 is 6.62. The molecule has 0 bridgehead atoms. The summed E-state index contributed by atoms with van der Waals surface area (Å²) in [5.41, 5.74) is 0.941. The van der Waals surface area contributed by atoms with E-state index in [1.807, 2.05) is 13.1 Å². The van der Waals surface area contributed by atoms with Gasteiger partial charge in [-0.25, -0.2) is 4.98 Å². The van der Waals surface area contributed by atoms with Gasteiger partial charge in [-0.1, -0.05) is 6.92 Å². The third-order valence-corrected chi connectivity index (χ3v) is 2.20. The highest BCUT2D eigenvalue weighted by atomic mass is 16.5. The van der Waals surface area contributed by atoms with Gasteiger partial charge in [0.1, 0.15) is 6.54 Å². The maximum absolute atomic E-state index is 11.5. The number of aromatic nitrogens is 2. The van der Waals surface area contributed by atoms with Gasteiger partial charge in [0, 0.05) is 26.4 Å². The number of ether oxygens (including phenoxy) is 1. The molecule has 6 nitrogen and oxygen atoms in total. The number of imidazole rings is 1. The van der Waals surface area contributed by atoms with Gasteiger partial charge in [0.05, 0.1) is 18.6 Å². The summed E-state index contributed by atoms with van der Waals surface area (Å²) in [6.07, 6.45) is 3.54. The van der Waals surface area contributed by atoms with Crippen LogP contribution in [0.2, 0.25) is 0 Å². The van der Waals surface area contributed by atoms with Gasteiger partial charge in [-0.2, -0.15) is 0 Å². The molecule has 0 fully saturated rings. The van der Waals surface area contributed by atoms with Crippen molar-refractivity contribution in [1.82, 2.24) is 20.2 Å². The van der Waals surface area contributed by atoms with E-state index in [1.165, 1.54) is 0 Å². The minimum absolute atomic E-state index is 0.0329. The van der Waals surface area contributed by atoms with Crippen LogP contribution >= 0.6 is 0 Å². The Morgan fingerprint density at radius 2 is 2.41 bits per heavy atom. The summed E-state index contributed by atoms with van der Waals surface area (Å²) in [5, 5.41) is 5.94. The number of carbonyl (C=O) groups excluding carboxylic acids is 1. The van der Waals surface area contributed by atoms with E-state index in [0.29, 0.717) is 19.7 Å². The van der Waals surface area contributed by atoms with Crippen LogP contribution in [0.25, 0.3) is 0 Å². The van der Waals surface area contributed by atoms with Crippen LogP contribution in [0.3, 0.4) is 0 Å². The Labute approximate surface area is 101 Å². The van der Waals surface area contributed by atoms with E-state index in [2.05, 4.69) is 15.6 Å². The summed E-state index contributed by atoms with van der Waals surface area (Å²) in [7, 11) is 1.61. The van der Waals surface area contributed by atoms with Crippen molar-refractivity contribution in [3.05, 3.63) is 18.2 Å². The normalized spacial score (nSPS) is 10.5. The molecule has 0 radical (unpaired) electrons. The lowest BCUT2D eigenvalue weighted by molar-refractivity contribution is -0.121. The van der Waals surface area contributed by atoms with Crippen LogP contribution < -0.4 is 10.6 Å². The van der Waals surface area contributed by atoms with E-state index in [1.54, 1.807) is 18.0 Å². The van der Waals surface area contributed by atoms with Crippen LogP contribution in [-0.2, 0) is 22.6 Å². The minimum Gasteiger partial charge on any atom is -0.383 e. The van der Waals surface area contributed by atoms with Crippen LogP contribution in [0, 0.1) is 0 Å². The van der Waals surface area contributed by atoms with Gasteiger partial charge in [-0.3, -0.25) is 4.79 Å². The second-order valence-electron chi connectivity index (χ2n) is 3.66. The first-order valence-corrected chi connectivity index (χ1v) is 5.73. The van der Waals surface area contributed by atoms with Gasteiger partial charge < -0.3 is 19.9 Å². The molecule has 6 heteroatoms. The van der Waals surface area contributed by atoms with Crippen molar-refractivity contribution >= 4 is 5.91 Å². The molecule has 0 aliphatic carbocycles. The molecule has 0 aliphatic rings. The Morgan fingerprint density at radius 3 is 3.12 bits per heavy atom. The third kappa shape index (κ3) is 5.46. The predicted octanol–water partition coefficient (Wildman–Crippen LogP) is -0.245. The summed E-state index contributed by atoms with van der Waals surface area (Å²) >= 11 is 0. The molecule has 1 aromatic heterocycles. The maximum atomic E-state index is 11.5. The second-order valence-corrected chi connectivity index (χ2v) is 3.66. The molecule has 0 aromatic carbocycles. The Kier molecular flexibility index (Phi) is 6.27. The fourth-order valence-electron chi connectivity index (χ4n) is 1.35. The lowest BCUT2D eigenvalue weighted by Crippen LogP contribution is -2.30. The number of hydrogen-bond acceptors (Lipinski definition) is 4. The number of rotatable bonds is 8. The lowest BCUT2D eigenvalue weighted by Gasteiger charge is -2.04. The summed E-state index contributed by atoms with van der Waals surface area (Å²) in [5.74, 6) is -0.0329. The monoisotopic (exact) mass is 240 g/mol. The Hall–Kier alpha value is -1.40. The SMILES string of the molecule is CCNCc1cn(CC(=O)NCCOC)cn1. The Bertz CT molecular complexity index is 338. The maximum Gasteiger partial charge on any atom is 0.240 e. The molecule has 0 saturated heterocycles. The van der Waals surface area contributed by atoms with Gasteiger partial charge in [0.15, 0.2) is 0 Å². The van der Waals surface area contributed by atoms with Crippen molar-refractivity contribution in [2.45, 2.75) is 20.0 Å². The highest BCUT2D eigenvalue weighted by Crippen LogP contribution is 1.95. The molecule has 0 saturated carbocycles. The van der Waals surface area contributed by atoms with Crippen molar-refractivity contribution in [2.75, 3.05) is 26.8 Å². The first-order chi connectivity index (χ1) is 8.26. The van der Waals surface area contributed by atoms with Crippen molar-refractivity contribution in [2.24, 2.45) is 0 Å². The molecule has 1 rings (SSSR count). The number of nitrogens with zero attached hydrogens (tertiary/aromatic N) is 2. The van der Waals surface area contributed by atoms with E-state index < -0.39 is 0 Å². The van der Waals surface area contributed by atoms with Crippen molar-refractivity contribution in [1.29, 1.82) is 0 Å². The van der Waals surface area contributed by atoms with E-state index in [0.717, 1.165) is 18.8 Å².